The Balaban J connectivity index is 2.33. The molecule has 0 bridgehead atoms. The van der Waals surface area contributed by atoms with E-state index < -0.39 is 15.8 Å². The fraction of sp³-hybridized carbons (Fsp3) is 0.0833. The summed E-state index contributed by atoms with van der Waals surface area (Å²) in [6.07, 6.45) is 0. The second kappa shape index (κ2) is 3.66. The van der Waals surface area contributed by atoms with Gasteiger partial charge < -0.3 is 5.11 Å². The lowest BCUT2D eigenvalue weighted by molar-refractivity contribution is 0.0702. The summed E-state index contributed by atoms with van der Waals surface area (Å²) < 4.78 is 24.1. The Morgan fingerprint density at radius 3 is 2.72 bits per heavy atom. The van der Waals surface area contributed by atoms with E-state index in [0.717, 1.165) is 16.2 Å². The molecule has 1 aliphatic rings. The number of hydrogen-bond acceptors (Lipinski definition) is 4. The van der Waals surface area contributed by atoms with E-state index in [0.29, 0.717) is 11.1 Å². The van der Waals surface area contributed by atoms with Crippen LogP contribution in [-0.4, -0.2) is 19.5 Å². The zero-order chi connectivity index (χ0) is 12.9. The van der Waals surface area contributed by atoms with Crippen LogP contribution in [0.2, 0.25) is 0 Å². The number of thiophene rings is 1. The van der Waals surface area contributed by atoms with Crippen LogP contribution in [0.5, 0.6) is 0 Å². The number of aromatic carboxylic acids is 1. The summed E-state index contributed by atoms with van der Waals surface area (Å²) in [5, 5.41) is 8.97. The summed E-state index contributed by atoms with van der Waals surface area (Å²) in [6.45, 7) is 0. The van der Waals surface area contributed by atoms with E-state index in [4.69, 9.17) is 5.11 Å². The molecule has 6 heteroatoms. The molecule has 3 rings (SSSR count). The fourth-order valence-corrected chi connectivity index (χ4v) is 4.88. The zero-order valence-electron chi connectivity index (χ0n) is 9.08. The number of carboxylic acid groups (broad SMARTS) is 1. The minimum absolute atomic E-state index is 0.122. The average Bonchev–Trinajstić information content (AvgIpc) is 2.72. The normalized spacial score (nSPS) is 15.8. The van der Waals surface area contributed by atoms with E-state index in [1.54, 1.807) is 24.3 Å². The second-order valence-corrected chi connectivity index (χ2v) is 7.04. The highest BCUT2D eigenvalue weighted by Crippen LogP contribution is 2.42. The molecule has 0 atom stereocenters. The van der Waals surface area contributed by atoms with Gasteiger partial charge in [-0.1, -0.05) is 18.2 Å². The number of benzene rings is 1. The summed E-state index contributed by atoms with van der Waals surface area (Å²) >= 11 is 1.12. The maximum atomic E-state index is 12.1. The van der Waals surface area contributed by atoms with Gasteiger partial charge in [-0.25, -0.2) is 13.2 Å². The largest absolute Gasteiger partial charge is 0.477 e. The average molecular weight is 280 g/mol. The van der Waals surface area contributed by atoms with E-state index in [1.807, 2.05) is 0 Å². The number of carboxylic acids is 1. The third-order valence-corrected chi connectivity index (χ3v) is 5.75. The Morgan fingerprint density at radius 1 is 1.28 bits per heavy atom. The Labute approximate surface area is 107 Å². The number of sulfone groups is 1. The van der Waals surface area contributed by atoms with Crippen molar-refractivity contribution in [3.8, 4) is 10.4 Å². The molecular weight excluding hydrogens is 272 g/mol. The summed E-state index contributed by atoms with van der Waals surface area (Å²) in [4.78, 5) is 12.2. The molecule has 0 saturated carbocycles. The van der Waals surface area contributed by atoms with E-state index in [1.165, 1.54) is 6.07 Å². The molecule has 92 valence electrons. The Hall–Kier alpha value is -1.66. The van der Waals surface area contributed by atoms with Crippen LogP contribution in [0, 0.1) is 0 Å². The monoisotopic (exact) mass is 280 g/mol. The van der Waals surface area contributed by atoms with Crippen molar-refractivity contribution in [2.45, 2.75) is 10.6 Å². The minimum atomic E-state index is -3.35. The van der Waals surface area contributed by atoms with Gasteiger partial charge in [-0.2, -0.15) is 0 Å². The van der Waals surface area contributed by atoms with Gasteiger partial charge in [0.1, 0.15) is 4.88 Å². The predicted molar refractivity (Wildman–Crippen MR) is 67.6 cm³/mol. The van der Waals surface area contributed by atoms with Crippen LogP contribution < -0.4 is 0 Å². The van der Waals surface area contributed by atoms with Crippen molar-refractivity contribution in [3.63, 3.8) is 0 Å². The smallest absolute Gasteiger partial charge is 0.345 e. The van der Waals surface area contributed by atoms with Crippen molar-refractivity contribution < 1.29 is 18.3 Å². The van der Waals surface area contributed by atoms with Crippen molar-refractivity contribution in [2.75, 3.05) is 0 Å². The molecule has 0 fully saturated rings. The van der Waals surface area contributed by atoms with Crippen LogP contribution in [0.25, 0.3) is 10.4 Å². The van der Waals surface area contributed by atoms with E-state index in [-0.39, 0.29) is 15.5 Å². The first-order chi connectivity index (χ1) is 8.49. The minimum Gasteiger partial charge on any atom is -0.477 e. The molecule has 1 aromatic carbocycles. The molecular formula is C12H8O4S2. The van der Waals surface area contributed by atoms with Crippen molar-refractivity contribution in [1.29, 1.82) is 0 Å². The van der Waals surface area contributed by atoms with E-state index in [2.05, 4.69) is 0 Å². The number of hydrogen-bond donors (Lipinski definition) is 1. The third-order valence-electron chi connectivity index (χ3n) is 2.83. The molecule has 0 spiro atoms. The van der Waals surface area contributed by atoms with E-state index in [9.17, 15) is 13.2 Å². The summed E-state index contributed by atoms with van der Waals surface area (Å²) in [5.41, 5.74) is 1.19. The summed E-state index contributed by atoms with van der Waals surface area (Å²) in [6, 6.07) is 8.16. The molecule has 1 aliphatic heterocycles. The quantitative estimate of drug-likeness (QED) is 0.870. The van der Waals surface area contributed by atoms with Crippen molar-refractivity contribution in [2.24, 2.45) is 0 Å². The molecule has 1 N–H and O–H groups in total. The maximum absolute atomic E-state index is 12.1. The van der Waals surface area contributed by atoms with Crippen LogP contribution in [0.4, 0.5) is 0 Å². The van der Waals surface area contributed by atoms with Gasteiger partial charge in [0.15, 0.2) is 9.84 Å². The first-order valence-electron chi connectivity index (χ1n) is 5.17. The molecule has 4 nitrogen and oxygen atoms in total. The van der Waals surface area contributed by atoms with Gasteiger partial charge in [0.2, 0.25) is 0 Å². The molecule has 1 aromatic heterocycles. The molecule has 0 aliphatic carbocycles. The molecule has 0 radical (unpaired) electrons. The Bertz CT molecular complexity index is 756. The number of carbonyl (C=O) groups is 1. The third kappa shape index (κ3) is 1.57. The second-order valence-electron chi connectivity index (χ2n) is 4.03. The standard InChI is InChI=1S/C12H8O4S2/c13-12(14)9-5-7-6-18(15,16)10-4-2-1-3-8(10)11(7)17-9/h1-5H,6H2,(H,13,14). The van der Waals surface area contributed by atoms with Gasteiger partial charge in [-0.15, -0.1) is 11.3 Å². The van der Waals surface area contributed by atoms with Crippen molar-refractivity contribution in [1.82, 2.24) is 0 Å². The zero-order valence-corrected chi connectivity index (χ0v) is 10.7. The molecule has 2 aromatic rings. The molecule has 0 amide bonds. The van der Waals surface area contributed by atoms with Gasteiger partial charge in [0.25, 0.3) is 0 Å². The highest BCUT2D eigenvalue weighted by Gasteiger charge is 2.30. The van der Waals surface area contributed by atoms with Gasteiger partial charge in [-0.3, -0.25) is 0 Å². The highest BCUT2D eigenvalue weighted by atomic mass is 32.2. The molecule has 0 unspecified atom stereocenters. The first-order valence-corrected chi connectivity index (χ1v) is 7.64. The summed E-state index contributed by atoms with van der Waals surface area (Å²) in [7, 11) is -3.35. The van der Waals surface area contributed by atoms with Gasteiger partial charge >= 0.3 is 5.97 Å². The predicted octanol–water partition coefficient (Wildman–Crippen LogP) is 2.40. The number of fused-ring (bicyclic) bond motifs is 3. The molecule has 18 heavy (non-hydrogen) atoms. The van der Waals surface area contributed by atoms with Crippen LogP contribution in [-0.2, 0) is 15.6 Å². The lowest BCUT2D eigenvalue weighted by Gasteiger charge is -2.15. The molecule has 2 heterocycles. The van der Waals surface area contributed by atoms with Crippen molar-refractivity contribution >= 4 is 27.1 Å². The van der Waals surface area contributed by atoms with Crippen LogP contribution in [0.15, 0.2) is 35.2 Å². The first kappa shape index (κ1) is 11.4. The van der Waals surface area contributed by atoms with Crippen LogP contribution >= 0.6 is 11.3 Å². The van der Waals surface area contributed by atoms with Gasteiger partial charge in [-0.05, 0) is 17.7 Å². The van der Waals surface area contributed by atoms with Crippen molar-refractivity contribution in [3.05, 3.63) is 40.8 Å². The fourth-order valence-electron chi connectivity index (χ4n) is 2.08. The number of rotatable bonds is 1. The van der Waals surface area contributed by atoms with Gasteiger partial charge in [0.05, 0.1) is 10.6 Å². The summed E-state index contributed by atoms with van der Waals surface area (Å²) in [5.74, 6) is -1.15. The lowest BCUT2D eigenvalue weighted by atomic mass is 10.1. The Kier molecular flexibility index (Phi) is 2.33. The van der Waals surface area contributed by atoms with Crippen LogP contribution in [0.1, 0.15) is 15.2 Å². The lowest BCUT2D eigenvalue weighted by Crippen LogP contribution is -2.10. The van der Waals surface area contributed by atoms with E-state index >= 15 is 0 Å². The SMILES string of the molecule is O=C(O)c1cc2c(s1)-c1ccccc1S(=O)(=O)C2. The van der Waals surface area contributed by atoms with Crippen LogP contribution in [0.3, 0.4) is 0 Å². The Morgan fingerprint density at radius 2 is 2.00 bits per heavy atom. The maximum Gasteiger partial charge on any atom is 0.345 e. The topological polar surface area (TPSA) is 71.4 Å². The highest BCUT2D eigenvalue weighted by molar-refractivity contribution is 7.91. The molecule has 0 saturated heterocycles. The van der Waals surface area contributed by atoms with Gasteiger partial charge in [0, 0.05) is 10.4 Å².